The van der Waals surface area contributed by atoms with Crippen LogP contribution >= 0.6 is 0 Å². The molecule has 0 radical (unpaired) electrons. The van der Waals surface area contributed by atoms with Gasteiger partial charge in [0.1, 0.15) is 0 Å². The summed E-state index contributed by atoms with van der Waals surface area (Å²) in [5.41, 5.74) is 5.01. The average molecular weight is 221 g/mol. The zero-order valence-corrected chi connectivity index (χ0v) is 8.67. The first kappa shape index (κ1) is 12.0. The Balaban J connectivity index is 3.09. The van der Waals surface area contributed by atoms with Crippen LogP contribution in [0.5, 0.6) is 0 Å². The zero-order valence-electron chi connectivity index (χ0n) is 8.67. The van der Waals surface area contributed by atoms with E-state index in [0.29, 0.717) is 18.7 Å². The number of aromatic nitrogens is 2. The number of nitrogens with zero attached hydrogens (tertiary/aromatic N) is 2. The highest BCUT2D eigenvalue weighted by Crippen LogP contribution is 2.29. The Labute approximate surface area is 86.1 Å². The Kier molecular flexibility index (Phi) is 3.38. The molecule has 0 bridgehead atoms. The predicted molar refractivity (Wildman–Crippen MR) is 50.4 cm³/mol. The van der Waals surface area contributed by atoms with Crippen molar-refractivity contribution in [3.63, 3.8) is 0 Å². The summed E-state index contributed by atoms with van der Waals surface area (Å²) in [6.45, 7) is 3.88. The lowest BCUT2D eigenvalue weighted by Gasteiger charge is -2.09. The van der Waals surface area contributed by atoms with Crippen LogP contribution in [0.1, 0.15) is 31.3 Å². The molecule has 15 heavy (non-hydrogen) atoms. The van der Waals surface area contributed by atoms with Crippen molar-refractivity contribution in [2.24, 2.45) is 5.73 Å². The Bertz CT molecular complexity index is 328. The summed E-state index contributed by atoms with van der Waals surface area (Å²) in [6, 6.07) is 0.968. The van der Waals surface area contributed by atoms with Gasteiger partial charge in [0, 0.05) is 18.2 Å². The molecule has 2 N–H and O–H groups in total. The zero-order chi connectivity index (χ0) is 11.6. The van der Waals surface area contributed by atoms with Crippen LogP contribution in [-0.4, -0.2) is 16.3 Å². The normalized spacial score (nSPS) is 12.5. The van der Waals surface area contributed by atoms with E-state index in [1.54, 1.807) is 13.8 Å². The molecule has 0 spiro atoms. The van der Waals surface area contributed by atoms with E-state index >= 15 is 0 Å². The van der Waals surface area contributed by atoms with Crippen LogP contribution in [0.15, 0.2) is 6.07 Å². The van der Waals surface area contributed by atoms with Crippen molar-refractivity contribution < 1.29 is 13.2 Å². The van der Waals surface area contributed by atoms with Crippen LogP contribution in [0.3, 0.4) is 0 Å². The third-order valence-corrected chi connectivity index (χ3v) is 1.99. The Morgan fingerprint density at radius 1 is 1.47 bits per heavy atom. The number of nitrogens with two attached hydrogens (primary N) is 1. The highest BCUT2D eigenvalue weighted by molar-refractivity contribution is 5.14. The van der Waals surface area contributed by atoms with Gasteiger partial charge in [-0.1, -0.05) is 0 Å². The molecule has 0 aliphatic carbocycles. The molecule has 0 atom stereocenters. The highest BCUT2D eigenvalue weighted by atomic mass is 19.4. The largest absolute Gasteiger partial charge is 0.435 e. The second kappa shape index (κ2) is 4.22. The van der Waals surface area contributed by atoms with E-state index in [-0.39, 0.29) is 6.04 Å². The van der Waals surface area contributed by atoms with Crippen molar-refractivity contribution in [1.29, 1.82) is 0 Å². The van der Waals surface area contributed by atoms with E-state index in [9.17, 15) is 13.2 Å². The standard InChI is InChI=1S/C9H14F3N3/c1-6(2)15-7(3-4-13)5-8(14-15)9(10,11)12/h5-6H,3-4,13H2,1-2H3. The van der Waals surface area contributed by atoms with Crippen LogP contribution in [0.25, 0.3) is 0 Å². The molecule has 1 aromatic heterocycles. The summed E-state index contributed by atoms with van der Waals surface area (Å²) in [5.74, 6) is 0. The van der Waals surface area contributed by atoms with Gasteiger partial charge in [-0.05, 0) is 26.5 Å². The van der Waals surface area contributed by atoms with Gasteiger partial charge in [-0.25, -0.2) is 0 Å². The number of halogens is 3. The second-order valence-electron chi connectivity index (χ2n) is 3.60. The molecule has 0 fully saturated rings. The van der Waals surface area contributed by atoms with Gasteiger partial charge < -0.3 is 5.73 Å². The molecule has 1 heterocycles. The smallest absolute Gasteiger partial charge is 0.330 e. The lowest BCUT2D eigenvalue weighted by Crippen LogP contribution is -2.12. The first-order valence-corrected chi connectivity index (χ1v) is 4.72. The Morgan fingerprint density at radius 2 is 2.07 bits per heavy atom. The van der Waals surface area contributed by atoms with E-state index in [1.807, 2.05) is 0 Å². The molecule has 0 saturated heterocycles. The van der Waals surface area contributed by atoms with Gasteiger partial charge in [0.15, 0.2) is 5.69 Å². The molecule has 1 aromatic rings. The van der Waals surface area contributed by atoms with Crippen molar-refractivity contribution in [2.45, 2.75) is 32.5 Å². The van der Waals surface area contributed by atoms with Crippen molar-refractivity contribution >= 4 is 0 Å². The molecule has 3 nitrogen and oxygen atoms in total. The molecule has 0 saturated carbocycles. The number of alkyl halides is 3. The summed E-state index contributed by atoms with van der Waals surface area (Å²) >= 11 is 0. The molecule has 0 aliphatic heterocycles. The van der Waals surface area contributed by atoms with Crippen LogP contribution in [0, 0.1) is 0 Å². The second-order valence-corrected chi connectivity index (χ2v) is 3.60. The molecule has 0 aromatic carbocycles. The third-order valence-electron chi connectivity index (χ3n) is 1.99. The van der Waals surface area contributed by atoms with Crippen LogP contribution in [0.4, 0.5) is 13.2 Å². The molecule has 6 heteroatoms. The van der Waals surface area contributed by atoms with Gasteiger partial charge in [-0.3, -0.25) is 4.68 Å². The van der Waals surface area contributed by atoms with Crippen molar-refractivity contribution in [2.75, 3.05) is 6.54 Å². The summed E-state index contributed by atoms with van der Waals surface area (Å²) < 4.78 is 38.5. The minimum absolute atomic E-state index is 0.0948. The van der Waals surface area contributed by atoms with E-state index in [1.165, 1.54) is 4.68 Å². The Morgan fingerprint density at radius 3 is 2.47 bits per heavy atom. The number of hydrogen-bond donors (Lipinski definition) is 1. The number of rotatable bonds is 3. The summed E-state index contributed by atoms with van der Waals surface area (Å²) in [7, 11) is 0. The molecule has 0 amide bonds. The highest BCUT2D eigenvalue weighted by Gasteiger charge is 2.34. The fourth-order valence-electron chi connectivity index (χ4n) is 1.35. The first-order chi connectivity index (χ1) is 6.86. The van der Waals surface area contributed by atoms with E-state index in [4.69, 9.17) is 5.73 Å². The molecule has 1 rings (SSSR count). The predicted octanol–water partition coefficient (Wildman–Crippen LogP) is 1.98. The lowest BCUT2D eigenvalue weighted by atomic mass is 10.2. The molecule has 86 valence electrons. The minimum Gasteiger partial charge on any atom is -0.330 e. The maximum absolute atomic E-state index is 12.4. The fraction of sp³-hybridized carbons (Fsp3) is 0.667. The minimum atomic E-state index is -4.39. The maximum Gasteiger partial charge on any atom is 0.435 e. The van der Waals surface area contributed by atoms with Gasteiger partial charge in [0.25, 0.3) is 0 Å². The monoisotopic (exact) mass is 221 g/mol. The fourth-order valence-corrected chi connectivity index (χ4v) is 1.35. The van der Waals surface area contributed by atoms with Gasteiger partial charge in [0.2, 0.25) is 0 Å². The maximum atomic E-state index is 12.4. The summed E-state index contributed by atoms with van der Waals surface area (Å²) in [5, 5.41) is 3.54. The Hall–Kier alpha value is -1.04. The SMILES string of the molecule is CC(C)n1nc(C(F)(F)F)cc1CCN. The first-order valence-electron chi connectivity index (χ1n) is 4.72. The third kappa shape index (κ3) is 2.71. The van der Waals surface area contributed by atoms with Gasteiger partial charge in [-0.2, -0.15) is 18.3 Å². The molecule has 0 unspecified atom stereocenters. The molecular weight excluding hydrogens is 207 g/mol. The van der Waals surface area contributed by atoms with Crippen LogP contribution in [-0.2, 0) is 12.6 Å². The molecular formula is C9H14F3N3. The van der Waals surface area contributed by atoms with Crippen LogP contribution < -0.4 is 5.73 Å². The molecule has 0 aliphatic rings. The van der Waals surface area contributed by atoms with Crippen LogP contribution in [0.2, 0.25) is 0 Å². The quantitative estimate of drug-likeness (QED) is 0.848. The van der Waals surface area contributed by atoms with Gasteiger partial charge in [0.05, 0.1) is 0 Å². The summed E-state index contributed by atoms with van der Waals surface area (Å²) in [4.78, 5) is 0. The van der Waals surface area contributed by atoms with E-state index in [0.717, 1.165) is 6.07 Å². The summed E-state index contributed by atoms with van der Waals surface area (Å²) in [6.07, 6.45) is -3.98. The van der Waals surface area contributed by atoms with Gasteiger partial charge >= 0.3 is 6.18 Å². The van der Waals surface area contributed by atoms with Crippen molar-refractivity contribution in [3.8, 4) is 0 Å². The van der Waals surface area contributed by atoms with E-state index < -0.39 is 11.9 Å². The topological polar surface area (TPSA) is 43.8 Å². The van der Waals surface area contributed by atoms with E-state index in [2.05, 4.69) is 5.10 Å². The lowest BCUT2D eigenvalue weighted by molar-refractivity contribution is -0.141. The van der Waals surface area contributed by atoms with Crippen molar-refractivity contribution in [1.82, 2.24) is 9.78 Å². The van der Waals surface area contributed by atoms with Crippen molar-refractivity contribution in [3.05, 3.63) is 17.5 Å². The average Bonchev–Trinajstić information content (AvgIpc) is 2.48. The van der Waals surface area contributed by atoms with Gasteiger partial charge in [-0.15, -0.1) is 0 Å². The number of hydrogen-bond acceptors (Lipinski definition) is 2.